The maximum absolute atomic E-state index is 12.7. The minimum absolute atomic E-state index is 0.233. The molecular weight excluding hydrogens is 356 g/mol. The molecule has 2 saturated heterocycles. The van der Waals surface area contributed by atoms with Gasteiger partial charge in [-0.2, -0.15) is 12.7 Å². The van der Waals surface area contributed by atoms with E-state index < -0.39 is 10.2 Å². The summed E-state index contributed by atoms with van der Waals surface area (Å²) in [5.41, 5.74) is 0.786. The van der Waals surface area contributed by atoms with Crippen LogP contribution in [-0.4, -0.2) is 52.4 Å². The van der Waals surface area contributed by atoms with Gasteiger partial charge in [-0.05, 0) is 43.4 Å². The molecule has 7 nitrogen and oxygen atoms in total. The highest BCUT2D eigenvalue weighted by molar-refractivity contribution is 7.87. The number of piperidine rings is 1. The second-order valence-electron chi connectivity index (χ2n) is 7.25. The van der Waals surface area contributed by atoms with Gasteiger partial charge in [0.05, 0.1) is 0 Å². The maximum atomic E-state index is 12.7. The lowest BCUT2D eigenvalue weighted by atomic mass is 9.74. The number of fused-ring (bicyclic) bond motifs is 1. The van der Waals surface area contributed by atoms with Gasteiger partial charge in [0.2, 0.25) is 6.79 Å². The van der Waals surface area contributed by atoms with Gasteiger partial charge in [0.1, 0.15) is 0 Å². The van der Waals surface area contributed by atoms with Crippen LogP contribution in [0, 0.1) is 0 Å². The van der Waals surface area contributed by atoms with Crippen LogP contribution in [0.25, 0.3) is 0 Å². The van der Waals surface area contributed by atoms with Crippen LogP contribution in [0.1, 0.15) is 37.7 Å². The van der Waals surface area contributed by atoms with Crippen LogP contribution < -0.4 is 14.2 Å². The number of nitrogens with one attached hydrogen (secondary N) is 1. The standard InChI is InChI=1S/C18H26N2O5S/c21-26(22,20-8-2-1-3-9-20)19-13-18(6-10-23-11-7-18)15-4-5-16-17(12-15)25-14-24-16/h4-5,12,19H,1-3,6-11,13-14H2. The quantitative estimate of drug-likeness (QED) is 0.840. The first-order valence-electron chi connectivity index (χ1n) is 9.32. The Bertz CT molecular complexity index is 740. The summed E-state index contributed by atoms with van der Waals surface area (Å²) in [5, 5.41) is 0. The smallest absolute Gasteiger partial charge is 0.279 e. The van der Waals surface area contributed by atoms with Gasteiger partial charge >= 0.3 is 0 Å². The van der Waals surface area contributed by atoms with Crippen molar-refractivity contribution >= 4 is 10.2 Å². The first-order valence-corrected chi connectivity index (χ1v) is 10.8. The first-order chi connectivity index (χ1) is 12.6. The van der Waals surface area contributed by atoms with Crippen molar-refractivity contribution in [3.05, 3.63) is 23.8 Å². The van der Waals surface area contributed by atoms with Crippen LogP contribution in [0.5, 0.6) is 11.5 Å². The minimum Gasteiger partial charge on any atom is -0.454 e. The second-order valence-corrected chi connectivity index (χ2v) is 9.00. The van der Waals surface area contributed by atoms with E-state index in [1.54, 1.807) is 4.31 Å². The Morgan fingerprint density at radius 3 is 2.54 bits per heavy atom. The molecule has 0 spiro atoms. The first kappa shape index (κ1) is 18.0. The van der Waals surface area contributed by atoms with E-state index in [1.807, 2.05) is 18.2 Å². The zero-order chi connectivity index (χ0) is 18.0. The lowest BCUT2D eigenvalue weighted by Gasteiger charge is -2.38. The molecule has 3 heterocycles. The van der Waals surface area contributed by atoms with Gasteiger partial charge in [0.15, 0.2) is 11.5 Å². The van der Waals surface area contributed by atoms with Crippen LogP contribution >= 0.6 is 0 Å². The highest BCUT2D eigenvalue weighted by atomic mass is 32.2. The molecule has 3 aliphatic rings. The van der Waals surface area contributed by atoms with Gasteiger partial charge in [0.25, 0.3) is 10.2 Å². The van der Waals surface area contributed by atoms with Gasteiger partial charge < -0.3 is 14.2 Å². The van der Waals surface area contributed by atoms with E-state index in [9.17, 15) is 8.42 Å². The summed E-state index contributed by atoms with van der Waals surface area (Å²) >= 11 is 0. The van der Waals surface area contributed by atoms with Crippen molar-refractivity contribution in [3.8, 4) is 11.5 Å². The zero-order valence-electron chi connectivity index (χ0n) is 14.9. The van der Waals surface area contributed by atoms with Gasteiger partial charge in [0, 0.05) is 38.3 Å². The molecule has 1 aromatic carbocycles. The molecule has 1 aromatic rings. The molecule has 0 bridgehead atoms. The number of benzene rings is 1. The summed E-state index contributed by atoms with van der Waals surface area (Å²) in [4.78, 5) is 0. The summed E-state index contributed by atoms with van der Waals surface area (Å²) in [5.74, 6) is 1.47. The minimum atomic E-state index is -3.45. The van der Waals surface area contributed by atoms with Crippen LogP contribution in [0.4, 0.5) is 0 Å². The molecule has 4 rings (SSSR count). The third-order valence-corrected chi connectivity index (χ3v) is 7.24. The highest BCUT2D eigenvalue weighted by Crippen LogP contribution is 2.40. The molecular formula is C18H26N2O5S. The predicted octanol–water partition coefficient (Wildman–Crippen LogP) is 1.78. The zero-order valence-corrected chi connectivity index (χ0v) is 15.7. The highest BCUT2D eigenvalue weighted by Gasteiger charge is 2.37. The number of hydrogen-bond acceptors (Lipinski definition) is 5. The molecule has 3 aliphatic heterocycles. The molecule has 144 valence electrons. The molecule has 0 saturated carbocycles. The molecule has 2 fully saturated rings. The van der Waals surface area contributed by atoms with Crippen molar-refractivity contribution in [2.45, 2.75) is 37.5 Å². The van der Waals surface area contributed by atoms with E-state index in [-0.39, 0.29) is 12.2 Å². The molecule has 0 radical (unpaired) electrons. The van der Waals surface area contributed by atoms with E-state index >= 15 is 0 Å². The number of ether oxygens (including phenoxy) is 3. The Kier molecular flexibility index (Phi) is 5.09. The van der Waals surface area contributed by atoms with Crippen molar-refractivity contribution in [2.75, 3.05) is 39.6 Å². The third-order valence-electron chi connectivity index (χ3n) is 5.68. The normalized spacial score (nSPS) is 23.1. The van der Waals surface area contributed by atoms with E-state index in [0.29, 0.717) is 32.8 Å². The Morgan fingerprint density at radius 1 is 1.04 bits per heavy atom. The van der Waals surface area contributed by atoms with Crippen LogP contribution in [0.3, 0.4) is 0 Å². The molecule has 26 heavy (non-hydrogen) atoms. The van der Waals surface area contributed by atoms with Crippen molar-refractivity contribution in [2.24, 2.45) is 0 Å². The Morgan fingerprint density at radius 2 is 1.77 bits per heavy atom. The number of hydrogen-bond donors (Lipinski definition) is 1. The fourth-order valence-corrected chi connectivity index (χ4v) is 5.36. The Labute approximate surface area is 154 Å². The summed E-state index contributed by atoms with van der Waals surface area (Å²) in [7, 11) is -3.45. The topological polar surface area (TPSA) is 77.1 Å². The SMILES string of the molecule is O=S(=O)(NCC1(c2ccc3c(c2)OCO3)CCOCC1)N1CCCCC1. The fourth-order valence-electron chi connectivity index (χ4n) is 3.98. The number of nitrogens with zero attached hydrogens (tertiary/aromatic N) is 1. The van der Waals surface area contributed by atoms with Crippen molar-refractivity contribution < 1.29 is 22.6 Å². The van der Waals surface area contributed by atoms with E-state index in [2.05, 4.69) is 4.72 Å². The molecule has 0 atom stereocenters. The van der Waals surface area contributed by atoms with E-state index in [0.717, 1.165) is 49.2 Å². The number of rotatable bonds is 5. The van der Waals surface area contributed by atoms with Crippen LogP contribution in [-0.2, 0) is 20.4 Å². The largest absolute Gasteiger partial charge is 0.454 e. The monoisotopic (exact) mass is 382 g/mol. The average molecular weight is 382 g/mol. The molecule has 1 N–H and O–H groups in total. The molecule has 0 amide bonds. The van der Waals surface area contributed by atoms with Crippen LogP contribution in [0.2, 0.25) is 0 Å². The van der Waals surface area contributed by atoms with Gasteiger partial charge in [-0.3, -0.25) is 0 Å². The third kappa shape index (κ3) is 3.55. The molecule has 0 aromatic heterocycles. The van der Waals surface area contributed by atoms with Crippen molar-refractivity contribution in [1.29, 1.82) is 0 Å². The maximum Gasteiger partial charge on any atom is 0.279 e. The van der Waals surface area contributed by atoms with E-state index in [4.69, 9.17) is 14.2 Å². The van der Waals surface area contributed by atoms with Gasteiger partial charge in [-0.1, -0.05) is 12.5 Å². The fraction of sp³-hybridized carbons (Fsp3) is 0.667. The van der Waals surface area contributed by atoms with Crippen LogP contribution in [0.15, 0.2) is 18.2 Å². The lowest BCUT2D eigenvalue weighted by Crippen LogP contribution is -2.49. The van der Waals surface area contributed by atoms with Gasteiger partial charge in [-0.15, -0.1) is 0 Å². The molecule has 0 aliphatic carbocycles. The molecule has 0 unspecified atom stereocenters. The van der Waals surface area contributed by atoms with Crippen molar-refractivity contribution in [3.63, 3.8) is 0 Å². The lowest BCUT2D eigenvalue weighted by molar-refractivity contribution is 0.0515. The predicted molar refractivity (Wildman–Crippen MR) is 96.6 cm³/mol. The average Bonchev–Trinajstić information content (AvgIpc) is 3.16. The van der Waals surface area contributed by atoms with E-state index in [1.165, 1.54) is 0 Å². The summed E-state index contributed by atoms with van der Waals surface area (Å²) in [6.45, 7) is 3.07. The molecule has 8 heteroatoms. The summed E-state index contributed by atoms with van der Waals surface area (Å²) in [6, 6.07) is 5.92. The Hall–Kier alpha value is -1.35. The van der Waals surface area contributed by atoms with Gasteiger partial charge in [-0.25, -0.2) is 4.72 Å². The Balaban J connectivity index is 1.55. The summed E-state index contributed by atoms with van der Waals surface area (Å²) < 4.78 is 46.4. The second kappa shape index (κ2) is 7.34. The van der Waals surface area contributed by atoms with Crippen molar-refractivity contribution in [1.82, 2.24) is 9.03 Å². The summed E-state index contributed by atoms with van der Waals surface area (Å²) in [6.07, 6.45) is 4.51.